The zero-order valence-electron chi connectivity index (χ0n) is 11.0. The number of hydrogen-bond acceptors (Lipinski definition) is 5. The molecule has 18 heavy (non-hydrogen) atoms. The normalized spacial score (nSPS) is 11.1. The van der Waals surface area contributed by atoms with Gasteiger partial charge < -0.3 is 9.47 Å². The number of carbonyl (C=O) groups excluding carboxylic acids is 2. The van der Waals surface area contributed by atoms with Crippen LogP contribution in [0.2, 0.25) is 0 Å². The third kappa shape index (κ3) is 4.14. The Hall–Kier alpha value is -1.36. The lowest BCUT2D eigenvalue weighted by molar-refractivity contribution is -0.161. The third-order valence-electron chi connectivity index (χ3n) is 2.05. The van der Waals surface area contributed by atoms with Crippen LogP contribution in [0.25, 0.3) is 0 Å². The van der Waals surface area contributed by atoms with E-state index < -0.39 is 17.9 Å². The minimum Gasteiger partial charge on any atom is -0.462 e. The Balaban J connectivity index is 2.89. The maximum Gasteiger partial charge on any atom is 0.325 e. The van der Waals surface area contributed by atoms with E-state index in [2.05, 4.69) is 0 Å². The molecule has 0 fully saturated rings. The molecule has 0 aliphatic carbocycles. The van der Waals surface area contributed by atoms with E-state index in [1.54, 1.807) is 39.1 Å². The summed E-state index contributed by atoms with van der Waals surface area (Å²) >= 11 is 1.42. The highest BCUT2D eigenvalue weighted by Crippen LogP contribution is 2.23. The first-order valence-electron chi connectivity index (χ1n) is 5.85. The molecule has 0 atom stereocenters. The van der Waals surface area contributed by atoms with Crippen LogP contribution < -0.4 is 0 Å². The van der Waals surface area contributed by atoms with Crippen molar-refractivity contribution in [1.29, 1.82) is 0 Å². The highest BCUT2D eigenvalue weighted by atomic mass is 32.1. The number of hydrogen-bond donors (Lipinski definition) is 0. The van der Waals surface area contributed by atoms with E-state index in [4.69, 9.17) is 9.47 Å². The van der Waals surface area contributed by atoms with Crippen LogP contribution in [-0.2, 0) is 19.1 Å². The number of ether oxygens (including phenoxy) is 2. The highest BCUT2D eigenvalue weighted by Gasteiger charge is 2.33. The van der Waals surface area contributed by atoms with Crippen LogP contribution in [0.4, 0.5) is 0 Å². The van der Waals surface area contributed by atoms with Crippen LogP contribution in [0.5, 0.6) is 0 Å². The van der Waals surface area contributed by atoms with Crippen molar-refractivity contribution in [3.63, 3.8) is 0 Å². The Morgan fingerprint density at radius 3 is 1.89 bits per heavy atom. The van der Waals surface area contributed by atoms with Crippen LogP contribution in [0.3, 0.4) is 0 Å². The molecule has 1 heterocycles. The highest BCUT2D eigenvalue weighted by molar-refractivity contribution is 7.08. The number of esters is 2. The van der Waals surface area contributed by atoms with E-state index in [1.807, 2.05) is 5.38 Å². The first-order valence-corrected chi connectivity index (χ1v) is 6.79. The van der Waals surface area contributed by atoms with Crippen molar-refractivity contribution in [1.82, 2.24) is 0 Å². The average Bonchev–Trinajstić information content (AvgIpc) is 2.68. The maximum absolute atomic E-state index is 12.0. The van der Waals surface area contributed by atoms with E-state index in [1.165, 1.54) is 11.3 Å². The molecule has 1 rings (SSSR count). The van der Waals surface area contributed by atoms with E-state index in [-0.39, 0.29) is 12.2 Å². The van der Waals surface area contributed by atoms with Crippen molar-refractivity contribution in [2.24, 2.45) is 0 Å². The minimum absolute atomic E-state index is 0.259. The topological polar surface area (TPSA) is 52.6 Å². The Labute approximate surface area is 111 Å². The smallest absolute Gasteiger partial charge is 0.325 e. The van der Waals surface area contributed by atoms with E-state index in [0.29, 0.717) is 5.56 Å². The van der Waals surface area contributed by atoms with E-state index >= 15 is 0 Å². The van der Waals surface area contributed by atoms with Gasteiger partial charge in [0.2, 0.25) is 0 Å². The van der Waals surface area contributed by atoms with Crippen molar-refractivity contribution >= 4 is 23.3 Å². The molecular formula is C13H18O4S. The Bertz CT molecular complexity index is 373. The van der Waals surface area contributed by atoms with E-state index in [9.17, 15) is 9.59 Å². The summed E-state index contributed by atoms with van der Waals surface area (Å²) in [5.74, 6) is -2.11. The fourth-order valence-electron chi connectivity index (χ4n) is 1.41. The molecule has 5 heteroatoms. The lowest BCUT2D eigenvalue weighted by Crippen LogP contribution is -2.29. The molecule has 100 valence electrons. The molecule has 0 aliphatic heterocycles. The number of carbonyl (C=O) groups is 2. The van der Waals surface area contributed by atoms with Gasteiger partial charge in [-0.3, -0.25) is 9.59 Å². The van der Waals surface area contributed by atoms with Gasteiger partial charge in [0.1, 0.15) is 0 Å². The van der Waals surface area contributed by atoms with Crippen molar-refractivity contribution in [2.75, 3.05) is 0 Å². The molecule has 0 saturated heterocycles. The quantitative estimate of drug-likeness (QED) is 0.610. The van der Waals surface area contributed by atoms with Crippen molar-refractivity contribution in [3.8, 4) is 0 Å². The molecule has 0 radical (unpaired) electrons. The molecule has 0 aromatic carbocycles. The second-order valence-electron chi connectivity index (χ2n) is 4.46. The SMILES string of the molecule is CC(C)OC(=O)C(C(=O)OC(C)C)c1ccsc1. The first kappa shape index (κ1) is 14.7. The zero-order valence-corrected chi connectivity index (χ0v) is 11.8. The monoisotopic (exact) mass is 270 g/mol. The lowest BCUT2D eigenvalue weighted by Gasteiger charge is -2.17. The summed E-state index contributed by atoms with van der Waals surface area (Å²) in [6, 6.07) is 1.73. The Morgan fingerprint density at radius 1 is 1.06 bits per heavy atom. The standard InChI is InChI=1S/C13H18O4S/c1-8(2)16-12(14)11(10-5-6-18-7-10)13(15)17-9(3)4/h5-9,11H,1-4H3. The maximum atomic E-state index is 12.0. The van der Waals surface area contributed by atoms with Crippen molar-refractivity contribution < 1.29 is 19.1 Å². The summed E-state index contributed by atoms with van der Waals surface area (Å²) in [7, 11) is 0. The van der Waals surface area contributed by atoms with Crippen LogP contribution in [0, 0.1) is 0 Å². The molecule has 0 bridgehead atoms. The molecule has 4 nitrogen and oxygen atoms in total. The van der Waals surface area contributed by atoms with Gasteiger partial charge in [-0.1, -0.05) is 0 Å². The summed E-state index contributed by atoms with van der Waals surface area (Å²) in [6.07, 6.45) is -0.518. The largest absolute Gasteiger partial charge is 0.462 e. The Kier molecular flexibility index (Phi) is 5.34. The Morgan fingerprint density at radius 2 is 1.56 bits per heavy atom. The van der Waals surface area contributed by atoms with Gasteiger partial charge in [0, 0.05) is 0 Å². The van der Waals surface area contributed by atoms with Gasteiger partial charge in [0.25, 0.3) is 0 Å². The lowest BCUT2D eigenvalue weighted by atomic mass is 10.0. The van der Waals surface area contributed by atoms with Gasteiger partial charge in [-0.05, 0) is 50.1 Å². The molecule has 0 saturated carbocycles. The molecule has 0 N–H and O–H groups in total. The summed E-state index contributed by atoms with van der Waals surface area (Å²) in [6.45, 7) is 6.99. The number of rotatable bonds is 5. The molecule has 1 aromatic heterocycles. The van der Waals surface area contributed by atoms with Gasteiger partial charge >= 0.3 is 11.9 Å². The first-order chi connectivity index (χ1) is 8.41. The molecular weight excluding hydrogens is 252 g/mol. The van der Waals surface area contributed by atoms with Crippen LogP contribution in [0.1, 0.15) is 39.2 Å². The van der Waals surface area contributed by atoms with Gasteiger partial charge in [0.15, 0.2) is 5.92 Å². The van der Waals surface area contributed by atoms with Crippen LogP contribution >= 0.6 is 11.3 Å². The zero-order chi connectivity index (χ0) is 13.7. The summed E-state index contributed by atoms with van der Waals surface area (Å²) < 4.78 is 10.2. The van der Waals surface area contributed by atoms with Crippen molar-refractivity contribution in [2.45, 2.75) is 45.8 Å². The minimum atomic E-state index is -0.985. The fourth-order valence-corrected chi connectivity index (χ4v) is 2.09. The second-order valence-corrected chi connectivity index (χ2v) is 5.24. The van der Waals surface area contributed by atoms with Gasteiger partial charge in [-0.15, -0.1) is 0 Å². The number of thiophene rings is 1. The van der Waals surface area contributed by atoms with Crippen molar-refractivity contribution in [3.05, 3.63) is 22.4 Å². The average molecular weight is 270 g/mol. The predicted molar refractivity (Wildman–Crippen MR) is 69.5 cm³/mol. The summed E-state index contributed by atoms with van der Waals surface area (Å²) in [4.78, 5) is 23.9. The molecule has 0 spiro atoms. The summed E-state index contributed by atoms with van der Waals surface area (Å²) in [5.41, 5.74) is 0.622. The molecule has 0 unspecified atom stereocenters. The molecule has 0 amide bonds. The molecule has 0 aliphatic rings. The molecule has 1 aromatic rings. The third-order valence-corrected chi connectivity index (χ3v) is 2.75. The predicted octanol–water partition coefficient (Wildman–Crippen LogP) is 2.73. The summed E-state index contributed by atoms with van der Waals surface area (Å²) in [5, 5.41) is 3.57. The van der Waals surface area contributed by atoms with Gasteiger partial charge in [-0.25, -0.2) is 0 Å². The second kappa shape index (κ2) is 6.54. The van der Waals surface area contributed by atoms with Crippen LogP contribution in [-0.4, -0.2) is 24.1 Å². The van der Waals surface area contributed by atoms with Crippen LogP contribution in [0.15, 0.2) is 16.8 Å². The van der Waals surface area contributed by atoms with E-state index in [0.717, 1.165) is 0 Å². The van der Waals surface area contributed by atoms with Gasteiger partial charge in [0.05, 0.1) is 12.2 Å². The van der Waals surface area contributed by atoms with Gasteiger partial charge in [-0.2, -0.15) is 11.3 Å². The fraction of sp³-hybridized carbons (Fsp3) is 0.538.